The van der Waals surface area contributed by atoms with Gasteiger partial charge in [-0.15, -0.1) is 0 Å². The van der Waals surface area contributed by atoms with E-state index in [-0.39, 0.29) is 23.1 Å². The van der Waals surface area contributed by atoms with Gasteiger partial charge in [-0.3, -0.25) is 19.1 Å². The molecular formula is C22H26FN5O2. The molecule has 7 nitrogen and oxygen atoms in total. The second-order valence-electron chi connectivity index (χ2n) is 8.85. The van der Waals surface area contributed by atoms with Crippen molar-refractivity contribution < 1.29 is 9.18 Å². The number of likely N-dealkylation sites (tertiary alicyclic amines) is 1. The summed E-state index contributed by atoms with van der Waals surface area (Å²) in [5.74, 6) is 1.35. The van der Waals surface area contributed by atoms with Crippen molar-refractivity contribution in [3.05, 3.63) is 40.7 Å². The van der Waals surface area contributed by atoms with Crippen molar-refractivity contribution in [3.8, 4) is 11.3 Å². The number of carbonyl (C=O) groups is 1. The SMILES string of the molecule is CN(c1nc(-c2ccncc2F)cc(=O)n1C)C1[C@H]2CN(C(=O)C3CCCC3)C[C@@H]12. The van der Waals surface area contributed by atoms with Crippen LogP contribution in [0.2, 0.25) is 0 Å². The molecule has 1 saturated heterocycles. The fourth-order valence-electron chi connectivity index (χ4n) is 5.38. The van der Waals surface area contributed by atoms with E-state index in [4.69, 9.17) is 0 Å². The van der Waals surface area contributed by atoms with Crippen LogP contribution in [0.5, 0.6) is 0 Å². The highest BCUT2D eigenvalue weighted by Gasteiger charge is 2.59. The van der Waals surface area contributed by atoms with E-state index in [1.165, 1.54) is 22.9 Å². The van der Waals surface area contributed by atoms with E-state index in [2.05, 4.69) is 9.97 Å². The quantitative estimate of drug-likeness (QED) is 0.770. The highest BCUT2D eigenvalue weighted by molar-refractivity contribution is 5.79. The summed E-state index contributed by atoms with van der Waals surface area (Å²) in [6.07, 6.45) is 6.99. The van der Waals surface area contributed by atoms with Gasteiger partial charge in [0.2, 0.25) is 11.9 Å². The smallest absolute Gasteiger partial charge is 0.255 e. The van der Waals surface area contributed by atoms with Gasteiger partial charge in [0.1, 0.15) is 0 Å². The number of hydrogen-bond acceptors (Lipinski definition) is 5. The number of aromatic nitrogens is 3. The summed E-state index contributed by atoms with van der Waals surface area (Å²) in [6, 6.07) is 3.12. The van der Waals surface area contributed by atoms with Gasteiger partial charge >= 0.3 is 0 Å². The highest BCUT2D eigenvalue weighted by Crippen LogP contribution is 2.50. The highest BCUT2D eigenvalue weighted by atomic mass is 19.1. The zero-order chi connectivity index (χ0) is 21.0. The molecule has 2 aromatic heterocycles. The number of rotatable bonds is 4. The van der Waals surface area contributed by atoms with Crippen LogP contribution in [0.4, 0.5) is 10.3 Å². The molecule has 0 radical (unpaired) electrons. The average Bonchev–Trinajstić information content (AvgIpc) is 3.11. The van der Waals surface area contributed by atoms with Crippen LogP contribution in [0.3, 0.4) is 0 Å². The van der Waals surface area contributed by atoms with Crippen molar-refractivity contribution in [3.63, 3.8) is 0 Å². The minimum absolute atomic E-state index is 0.216. The monoisotopic (exact) mass is 411 g/mol. The summed E-state index contributed by atoms with van der Waals surface area (Å²) in [5.41, 5.74) is 0.340. The minimum atomic E-state index is -0.504. The predicted molar refractivity (Wildman–Crippen MR) is 110 cm³/mol. The zero-order valence-electron chi connectivity index (χ0n) is 17.3. The Hall–Kier alpha value is -2.77. The molecule has 0 spiro atoms. The Morgan fingerprint density at radius 2 is 1.93 bits per heavy atom. The van der Waals surface area contributed by atoms with Crippen LogP contribution in [0.25, 0.3) is 11.3 Å². The number of piperidine rings is 1. The molecule has 1 aliphatic heterocycles. The Bertz CT molecular complexity index is 1040. The zero-order valence-corrected chi connectivity index (χ0v) is 17.3. The number of amides is 1. The fourth-order valence-corrected chi connectivity index (χ4v) is 5.38. The first-order valence-corrected chi connectivity index (χ1v) is 10.7. The molecule has 1 amide bonds. The van der Waals surface area contributed by atoms with E-state index in [0.717, 1.165) is 45.0 Å². The first kappa shape index (κ1) is 19.2. The average molecular weight is 411 g/mol. The molecule has 3 heterocycles. The molecule has 3 atom stereocenters. The lowest BCUT2D eigenvalue weighted by molar-refractivity contribution is -0.134. The normalized spacial score (nSPS) is 25.4. The van der Waals surface area contributed by atoms with Crippen molar-refractivity contribution in [1.82, 2.24) is 19.4 Å². The van der Waals surface area contributed by atoms with E-state index in [9.17, 15) is 14.0 Å². The van der Waals surface area contributed by atoms with Crippen molar-refractivity contribution in [1.29, 1.82) is 0 Å². The molecule has 8 heteroatoms. The third-order valence-electron chi connectivity index (χ3n) is 7.09. The molecular weight excluding hydrogens is 385 g/mol. The Balaban J connectivity index is 1.34. The van der Waals surface area contributed by atoms with Crippen LogP contribution in [0.15, 0.2) is 29.3 Å². The van der Waals surface area contributed by atoms with Crippen LogP contribution in [0, 0.1) is 23.6 Å². The van der Waals surface area contributed by atoms with E-state index in [1.54, 1.807) is 7.05 Å². The van der Waals surface area contributed by atoms with E-state index >= 15 is 0 Å². The first-order valence-electron chi connectivity index (χ1n) is 10.7. The van der Waals surface area contributed by atoms with Gasteiger partial charge in [0, 0.05) is 68.8 Å². The molecule has 0 N–H and O–H groups in total. The van der Waals surface area contributed by atoms with Crippen molar-refractivity contribution in [2.75, 3.05) is 25.0 Å². The Morgan fingerprint density at radius 3 is 2.60 bits per heavy atom. The first-order chi connectivity index (χ1) is 14.5. The molecule has 1 unspecified atom stereocenters. The largest absolute Gasteiger partial charge is 0.342 e. The summed E-state index contributed by atoms with van der Waals surface area (Å²) in [6.45, 7) is 1.56. The minimum Gasteiger partial charge on any atom is -0.342 e. The molecule has 3 aliphatic rings. The van der Waals surface area contributed by atoms with Gasteiger partial charge < -0.3 is 9.80 Å². The van der Waals surface area contributed by atoms with Gasteiger partial charge in [0.25, 0.3) is 5.56 Å². The molecule has 3 fully saturated rings. The fraction of sp³-hybridized carbons (Fsp3) is 0.545. The van der Waals surface area contributed by atoms with Crippen LogP contribution in [-0.2, 0) is 11.8 Å². The number of pyridine rings is 1. The van der Waals surface area contributed by atoms with Gasteiger partial charge in [-0.1, -0.05) is 12.8 Å². The van der Waals surface area contributed by atoms with Crippen molar-refractivity contribution >= 4 is 11.9 Å². The topological polar surface area (TPSA) is 71.3 Å². The number of hydrogen-bond donors (Lipinski definition) is 0. The van der Waals surface area contributed by atoms with E-state index in [0.29, 0.717) is 29.4 Å². The lowest BCUT2D eigenvalue weighted by Crippen LogP contribution is -2.40. The number of fused-ring (bicyclic) bond motifs is 1. The van der Waals surface area contributed by atoms with Crippen molar-refractivity contribution in [2.45, 2.75) is 31.7 Å². The Labute approximate surface area is 174 Å². The number of anilines is 1. The van der Waals surface area contributed by atoms with E-state index in [1.807, 2.05) is 16.8 Å². The lowest BCUT2D eigenvalue weighted by atomic mass is 10.1. The van der Waals surface area contributed by atoms with E-state index < -0.39 is 5.82 Å². The molecule has 2 aliphatic carbocycles. The summed E-state index contributed by atoms with van der Waals surface area (Å²) in [7, 11) is 3.61. The summed E-state index contributed by atoms with van der Waals surface area (Å²) in [5, 5.41) is 0. The number of halogens is 1. The number of carbonyl (C=O) groups excluding carboxylic acids is 1. The Kier molecular flexibility index (Phi) is 4.60. The second kappa shape index (κ2) is 7.18. The number of nitrogens with zero attached hydrogens (tertiary/aromatic N) is 5. The maximum Gasteiger partial charge on any atom is 0.255 e. The summed E-state index contributed by atoms with van der Waals surface area (Å²) >= 11 is 0. The standard InChI is InChI=1S/C22H26FN5O2/c1-26-19(29)9-18(14-7-8-24-10-17(14)23)25-22(26)27(2)20-15-11-28(12-16(15)20)21(30)13-5-3-4-6-13/h7-10,13,15-16,20H,3-6,11-12H2,1-2H3/t15-,16+,20?. The molecule has 30 heavy (non-hydrogen) atoms. The maximum atomic E-state index is 14.2. The third kappa shape index (κ3) is 3.09. The molecule has 5 rings (SSSR count). The van der Waals surface area contributed by atoms with Gasteiger partial charge in [-0.2, -0.15) is 0 Å². The van der Waals surface area contributed by atoms with Gasteiger partial charge in [0.15, 0.2) is 5.82 Å². The molecule has 158 valence electrons. The maximum absolute atomic E-state index is 14.2. The second-order valence-corrected chi connectivity index (χ2v) is 8.85. The van der Waals surface area contributed by atoms with Crippen LogP contribution >= 0.6 is 0 Å². The lowest BCUT2D eigenvalue weighted by Gasteiger charge is -2.27. The van der Waals surface area contributed by atoms with Crippen molar-refractivity contribution in [2.24, 2.45) is 24.8 Å². The predicted octanol–water partition coefficient (Wildman–Crippen LogP) is 2.06. The van der Waals surface area contributed by atoms with Crippen LogP contribution in [0.1, 0.15) is 25.7 Å². The van der Waals surface area contributed by atoms with Crippen LogP contribution < -0.4 is 10.5 Å². The Morgan fingerprint density at radius 1 is 1.23 bits per heavy atom. The molecule has 2 saturated carbocycles. The summed E-state index contributed by atoms with van der Waals surface area (Å²) in [4.78, 5) is 37.7. The van der Waals surface area contributed by atoms with Gasteiger partial charge in [0.05, 0.1) is 11.9 Å². The molecule has 2 aromatic rings. The summed E-state index contributed by atoms with van der Waals surface area (Å²) < 4.78 is 15.7. The van der Waals surface area contributed by atoms with Crippen LogP contribution in [-0.4, -0.2) is 51.5 Å². The molecule has 0 bridgehead atoms. The van der Waals surface area contributed by atoms with Gasteiger partial charge in [-0.05, 0) is 18.9 Å². The third-order valence-corrected chi connectivity index (χ3v) is 7.09. The van der Waals surface area contributed by atoms with Gasteiger partial charge in [-0.25, -0.2) is 9.37 Å². The molecule has 0 aromatic carbocycles.